The number of carbonyl (C=O) groups is 2. The van der Waals surface area contributed by atoms with Crippen molar-refractivity contribution in [2.75, 3.05) is 7.11 Å². The van der Waals surface area contributed by atoms with Crippen LogP contribution in [0.1, 0.15) is 19.3 Å². The molecule has 13 heavy (non-hydrogen) atoms. The molecule has 0 aromatic heterocycles. The number of rotatable bonds is 4. The number of hydrogen-bond acceptors (Lipinski definition) is 3. The van der Waals surface area contributed by atoms with Gasteiger partial charge in [-0.3, -0.25) is 9.59 Å². The number of methoxy groups -OCH3 is 1. The molecule has 0 aliphatic rings. The lowest BCUT2D eigenvalue weighted by atomic mass is 10.2. The molecular weight excluding hydrogens is 189 g/mol. The first-order valence-corrected chi connectivity index (χ1v) is 3.54. The second kappa shape index (κ2) is 4.84. The summed E-state index contributed by atoms with van der Waals surface area (Å²) in [6.45, 7) is 0. The monoisotopic (exact) mass is 198 g/mol. The van der Waals surface area contributed by atoms with Crippen LogP contribution in [-0.4, -0.2) is 25.0 Å². The highest BCUT2D eigenvalue weighted by molar-refractivity contribution is 5.84. The van der Waals surface area contributed by atoms with Gasteiger partial charge >= 0.3 is 12.1 Å². The Morgan fingerprint density at radius 1 is 1.23 bits per heavy atom. The van der Waals surface area contributed by atoms with Crippen LogP contribution in [0.25, 0.3) is 0 Å². The Bertz CT molecular complexity index is 198. The van der Waals surface area contributed by atoms with E-state index in [1.807, 2.05) is 0 Å². The van der Waals surface area contributed by atoms with E-state index in [9.17, 15) is 22.8 Å². The summed E-state index contributed by atoms with van der Waals surface area (Å²) in [4.78, 5) is 20.7. The van der Waals surface area contributed by atoms with E-state index in [0.29, 0.717) is 0 Å². The largest absolute Gasteiger partial charge is 0.469 e. The van der Waals surface area contributed by atoms with E-state index in [-0.39, 0.29) is 12.8 Å². The Hall–Kier alpha value is -1.07. The van der Waals surface area contributed by atoms with Gasteiger partial charge in [-0.1, -0.05) is 0 Å². The highest BCUT2D eigenvalue weighted by Gasteiger charge is 2.37. The maximum atomic E-state index is 11.6. The number of alkyl halides is 3. The second-order valence-electron chi connectivity index (χ2n) is 2.35. The summed E-state index contributed by atoms with van der Waals surface area (Å²) < 4.78 is 39.0. The summed E-state index contributed by atoms with van der Waals surface area (Å²) in [7, 11) is 1.13. The van der Waals surface area contributed by atoms with Gasteiger partial charge in [0.25, 0.3) is 0 Å². The fourth-order valence-electron chi connectivity index (χ4n) is 0.637. The zero-order valence-corrected chi connectivity index (χ0v) is 6.98. The molecule has 0 heterocycles. The molecule has 76 valence electrons. The predicted octanol–water partition coefficient (Wildman–Crippen LogP) is 1.46. The highest BCUT2D eigenvalue weighted by Crippen LogP contribution is 2.19. The van der Waals surface area contributed by atoms with Gasteiger partial charge in [0, 0.05) is 12.8 Å². The number of ether oxygens (including phenoxy) is 1. The highest BCUT2D eigenvalue weighted by atomic mass is 19.4. The molecule has 0 aromatic rings. The summed E-state index contributed by atoms with van der Waals surface area (Å²) in [6, 6.07) is 0. The molecular formula is C7H9F3O3. The molecule has 0 N–H and O–H groups in total. The minimum absolute atomic E-state index is 0.134. The first-order valence-electron chi connectivity index (χ1n) is 3.54. The molecule has 0 saturated carbocycles. The standard InChI is InChI=1S/C7H9F3O3/c1-13-6(12)4-2-3-5(11)7(8,9)10/h2-4H2,1H3. The lowest BCUT2D eigenvalue weighted by molar-refractivity contribution is -0.171. The summed E-state index contributed by atoms with van der Waals surface area (Å²) in [5, 5.41) is 0. The van der Waals surface area contributed by atoms with Crippen LogP contribution in [-0.2, 0) is 14.3 Å². The van der Waals surface area contributed by atoms with E-state index in [4.69, 9.17) is 0 Å². The molecule has 0 radical (unpaired) electrons. The summed E-state index contributed by atoms with van der Waals surface area (Å²) in [6.07, 6.45) is -5.77. The van der Waals surface area contributed by atoms with Gasteiger partial charge in [-0.05, 0) is 6.42 Å². The van der Waals surface area contributed by atoms with Crippen LogP contribution in [0.5, 0.6) is 0 Å². The molecule has 0 bridgehead atoms. The number of esters is 1. The summed E-state index contributed by atoms with van der Waals surface area (Å²) in [5.41, 5.74) is 0. The van der Waals surface area contributed by atoms with Gasteiger partial charge < -0.3 is 4.74 Å². The van der Waals surface area contributed by atoms with Crippen molar-refractivity contribution in [3.63, 3.8) is 0 Å². The molecule has 0 aromatic carbocycles. The maximum absolute atomic E-state index is 11.6. The maximum Gasteiger partial charge on any atom is 0.449 e. The lowest BCUT2D eigenvalue weighted by Crippen LogP contribution is -2.22. The smallest absolute Gasteiger partial charge is 0.449 e. The molecule has 3 nitrogen and oxygen atoms in total. The molecule has 0 amide bonds. The van der Waals surface area contributed by atoms with Crippen molar-refractivity contribution in [1.82, 2.24) is 0 Å². The Balaban J connectivity index is 3.67. The van der Waals surface area contributed by atoms with Gasteiger partial charge in [-0.15, -0.1) is 0 Å². The Morgan fingerprint density at radius 2 is 1.77 bits per heavy atom. The van der Waals surface area contributed by atoms with E-state index in [2.05, 4.69) is 4.74 Å². The van der Waals surface area contributed by atoms with Crippen molar-refractivity contribution in [3.05, 3.63) is 0 Å². The van der Waals surface area contributed by atoms with Crippen LogP contribution in [0, 0.1) is 0 Å². The van der Waals surface area contributed by atoms with Gasteiger partial charge in [-0.25, -0.2) is 0 Å². The number of ketones is 1. The minimum atomic E-state index is -4.80. The molecule has 0 aliphatic heterocycles. The minimum Gasteiger partial charge on any atom is -0.469 e. The fraction of sp³-hybridized carbons (Fsp3) is 0.714. The van der Waals surface area contributed by atoms with Crippen molar-refractivity contribution in [3.8, 4) is 0 Å². The van der Waals surface area contributed by atoms with Crippen molar-refractivity contribution >= 4 is 11.8 Å². The molecule has 0 atom stereocenters. The van der Waals surface area contributed by atoms with Gasteiger partial charge in [0.1, 0.15) is 0 Å². The third kappa shape index (κ3) is 5.21. The molecule has 0 rings (SSSR count). The van der Waals surface area contributed by atoms with E-state index in [1.54, 1.807) is 0 Å². The summed E-state index contributed by atoms with van der Waals surface area (Å²) >= 11 is 0. The van der Waals surface area contributed by atoms with E-state index < -0.39 is 24.3 Å². The predicted molar refractivity (Wildman–Crippen MR) is 36.9 cm³/mol. The molecule has 0 aliphatic carbocycles. The lowest BCUT2D eigenvalue weighted by Gasteiger charge is -2.03. The molecule has 0 saturated heterocycles. The van der Waals surface area contributed by atoms with Gasteiger partial charge in [-0.2, -0.15) is 13.2 Å². The normalized spacial score (nSPS) is 11.1. The second-order valence-corrected chi connectivity index (χ2v) is 2.35. The van der Waals surface area contributed by atoms with Crippen molar-refractivity contribution < 1.29 is 27.5 Å². The van der Waals surface area contributed by atoms with Crippen LogP contribution < -0.4 is 0 Å². The average molecular weight is 198 g/mol. The first kappa shape index (κ1) is 11.9. The van der Waals surface area contributed by atoms with Crippen LogP contribution >= 0.6 is 0 Å². The Morgan fingerprint density at radius 3 is 2.15 bits per heavy atom. The van der Waals surface area contributed by atoms with E-state index in [0.717, 1.165) is 7.11 Å². The van der Waals surface area contributed by atoms with Crippen LogP contribution in [0.15, 0.2) is 0 Å². The van der Waals surface area contributed by atoms with Crippen LogP contribution in [0.4, 0.5) is 13.2 Å². The SMILES string of the molecule is COC(=O)CCCC(=O)C(F)(F)F. The van der Waals surface area contributed by atoms with Crippen LogP contribution in [0.3, 0.4) is 0 Å². The molecule has 0 spiro atoms. The molecule has 0 unspecified atom stereocenters. The van der Waals surface area contributed by atoms with Crippen LogP contribution in [0.2, 0.25) is 0 Å². The number of carbonyl (C=O) groups excluding carboxylic acids is 2. The summed E-state index contributed by atoms with van der Waals surface area (Å²) in [5.74, 6) is -2.42. The fourth-order valence-corrected chi connectivity index (χ4v) is 0.637. The van der Waals surface area contributed by atoms with Crippen molar-refractivity contribution in [1.29, 1.82) is 0 Å². The molecule has 0 fully saturated rings. The van der Waals surface area contributed by atoms with Crippen molar-refractivity contribution in [2.45, 2.75) is 25.4 Å². The Kier molecular flexibility index (Phi) is 4.44. The zero-order valence-electron chi connectivity index (χ0n) is 6.98. The number of hydrogen-bond donors (Lipinski definition) is 0. The van der Waals surface area contributed by atoms with Crippen molar-refractivity contribution in [2.24, 2.45) is 0 Å². The third-order valence-corrected chi connectivity index (χ3v) is 1.33. The Labute approximate surface area is 72.9 Å². The van der Waals surface area contributed by atoms with E-state index >= 15 is 0 Å². The van der Waals surface area contributed by atoms with Gasteiger partial charge in [0.2, 0.25) is 5.78 Å². The quantitative estimate of drug-likeness (QED) is 0.642. The average Bonchev–Trinajstić information content (AvgIpc) is 2.02. The number of Topliss-reactive ketones (excluding diaryl/α,β-unsaturated/α-hetero) is 1. The number of halogens is 3. The van der Waals surface area contributed by atoms with E-state index in [1.165, 1.54) is 0 Å². The zero-order chi connectivity index (χ0) is 10.5. The first-order chi connectivity index (χ1) is 5.88. The topological polar surface area (TPSA) is 43.4 Å². The molecule has 6 heteroatoms. The van der Waals surface area contributed by atoms with Gasteiger partial charge in [0.05, 0.1) is 7.11 Å². The van der Waals surface area contributed by atoms with Gasteiger partial charge in [0.15, 0.2) is 0 Å². The third-order valence-electron chi connectivity index (χ3n) is 1.33.